The first-order chi connectivity index (χ1) is 15.4. The van der Waals surface area contributed by atoms with E-state index in [0.717, 1.165) is 0 Å². The van der Waals surface area contributed by atoms with Crippen molar-refractivity contribution in [3.05, 3.63) is 52.0 Å². The van der Waals surface area contributed by atoms with E-state index in [9.17, 15) is 26.3 Å². The number of nitrogens with zero attached hydrogens (tertiary/aromatic N) is 10. The van der Waals surface area contributed by atoms with Gasteiger partial charge in [-0.2, -0.15) is 26.3 Å². The molecule has 0 spiro atoms. The van der Waals surface area contributed by atoms with Crippen molar-refractivity contribution >= 4 is 11.3 Å². The van der Waals surface area contributed by atoms with Crippen molar-refractivity contribution in [2.45, 2.75) is 13.8 Å². The molecule has 0 amide bonds. The van der Waals surface area contributed by atoms with E-state index in [0.29, 0.717) is 5.57 Å². The van der Waals surface area contributed by atoms with Crippen LogP contribution in [0, 0.1) is 68.5 Å². The maximum Gasteiger partial charge on any atom is 0.177 e. The highest BCUT2D eigenvalue weighted by Gasteiger charge is 2.33. The van der Waals surface area contributed by atoms with E-state index in [1.165, 1.54) is 0 Å². The highest BCUT2D eigenvalue weighted by Crippen LogP contribution is 2.36. The zero-order valence-electron chi connectivity index (χ0n) is 16.7. The number of rotatable bonds is 1. The first kappa shape index (κ1) is 21.0. The highest BCUT2D eigenvalue weighted by atomic mass is 15.0. The standard InChI is InChI=1S/C22H8N10/c1-4-5-11(2)13(6-23)28-18-12(3)19-21(30-15(8-25)14(7-24)29-19)22-20(18)31-16(9-26)17(10-27)32-22/h3H2,1-2H3/b13-11+,28-18+. The molecule has 1 aliphatic carbocycles. The summed E-state index contributed by atoms with van der Waals surface area (Å²) in [6.07, 6.45) is 0. The third kappa shape index (κ3) is 3.30. The van der Waals surface area contributed by atoms with Gasteiger partial charge in [0.2, 0.25) is 0 Å². The molecule has 0 saturated carbocycles. The van der Waals surface area contributed by atoms with Gasteiger partial charge < -0.3 is 0 Å². The lowest BCUT2D eigenvalue weighted by Gasteiger charge is -2.21. The van der Waals surface area contributed by atoms with Crippen LogP contribution in [0.1, 0.15) is 48.0 Å². The van der Waals surface area contributed by atoms with E-state index in [4.69, 9.17) is 0 Å². The van der Waals surface area contributed by atoms with Gasteiger partial charge in [-0.3, -0.25) is 0 Å². The number of hydrogen-bond donors (Lipinski definition) is 0. The molecular formula is C22H8N10. The van der Waals surface area contributed by atoms with Crippen molar-refractivity contribution in [2.75, 3.05) is 0 Å². The number of allylic oxidation sites excluding steroid dienone is 3. The fourth-order valence-electron chi connectivity index (χ4n) is 2.82. The molecule has 146 valence electrons. The van der Waals surface area contributed by atoms with Crippen LogP contribution in [0.25, 0.3) is 17.0 Å². The van der Waals surface area contributed by atoms with Crippen LogP contribution in [0.4, 0.5) is 0 Å². The summed E-state index contributed by atoms with van der Waals surface area (Å²) in [5.41, 5.74) is -0.258. The number of aromatic nitrogens is 4. The Morgan fingerprint density at radius 2 is 1.19 bits per heavy atom. The molecule has 0 bridgehead atoms. The SMILES string of the molecule is C=C1/C(=N\C(C#N)=C(/C)C#CC)c2nc(C#N)c(C#N)nc2-c2nc(C#N)c(C#N)nc21. The van der Waals surface area contributed by atoms with Crippen LogP contribution < -0.4 is 0 Å². The molecule has 10 heteroatoms. The van der Waals surface area contributed by atoms with Crippen molar-refractivity contribution in [2.24, 2.45) is 4.99 Å². The quantitative estimate of drug-likeness (QED) is 0.499. The molecule has 0 N–H and O–H groups in total. The molecule has 0 fully saturated rings. The summed E-state index contributed by atoms with van der Waals surface area (Å²) in [7, 11) is 0. The van der Waals surface area contributed by atoms with Gasteiger partial charge in [0.15, 0.2) is 28.5 Å². The van der Waals surface area contributed by atoms with Crippen molar-refractivity contribution < 1.29 is 0 Å². The van der Waals surface area contributed by atoms with Gasteiger partial charge in [0.05, 0.1) is 0 Å². The predicted octanol–water partition coefficient (Wildman–Crippen LogP) is 2.06. The lowest BCUT2D eigenvalue weighted by molar-refractivity contribution is 1.05. The molecule has 3 rings (SSSR count). The van der Waals surface area contributed by atoms with Gasteiger partial charge in [-0.1, -0.05) is 12.5 Å². The van der Waals surface area contributed by atoms with Crippen LogP contribution >= 0.6 is 0 Å². The molecule has 2 heterocycles. The first-order valence-corrected chi connectivity index (χ1v) is 8.71. The minimum atomic E-state index is -0.266. The van der Waals surface area contributed by atoms with Crippen LogP contribution in [-0.2, 0) is 0 Å². The van der Waals surface area contributed by atoms with Crippen molar-refractivity contribution in [3.8, 4) is 53.6 Å². The zero-order valence-corrected chi connectivity index (χ0v) is 16.7. The Bertz CT molecular complexity index is 1560. The second kappa shape index (κ2) is 8.36. The molecular weight excluding hydrogens is 404 g/mol. The van der Waals surface area contributed by atoms with Gasteiger partial charge in [-0.05, 0) is 13.8 Å². The second-order valence-electron chi connectivity index (χ2n) is 6.08. The number of hydrogen-bond acceptors (Lipinski definition) is 10. The Morgan fingerprint density at radius 3 is 1.62 bits per heavy atom. The summed E-state index contributed by atoms with van der Waals surface area (Å²) in [5.74, 6) is 5.43. The third-order valence-corrected chi connectivity index (χ3v) is 4.23. The second-order valence-corrected chi connectivity index (χ2v) is 6.08. The fourth-order valence-corrected chi connectivity index (χ4v) is 2.82. The average molecular weight is 412 g/mol. The van der Waals surface area contributed by atoms with Crippen LogP contribution in [0.3, 0.4) is 0 Å². The maximum atomic E-state index is 9.57. The van der Waals surface area contributed by atoms with Gasteiger partial charge in [-0.25, -0.2) is 24.9 Å². The minimum absolute atomic E-state index is 0.0201. The van der Waals surface area contributed by atoms with Crippen LogP contribution in [0.2, 0.25) is 0 Å². The van der Waals surface area contributed by atoms with E-state index in [1.54, 1.807) is 38.1 Å². The van der Waals surface area contributed by atoms with E-state index >= 15 is 0 Å². The summed E-state index contributed by atoms with van der Waals surface area (Å²) >= 11 is 0. The lowest BCUT2D eigenvalue weighted by atomic mass is 9.92. The van der Waals surface area contributed by atoms with Gasteiger partial charge in [0.1, 0.15) is 58.8 Å². The Labute approximate surface area is 182 Å². The Hall–Kier alpha value is -5.68. The first-order valence-electron chi connectivity index (χ1n) is 8.71. The number of nitriles is 5. The molecule has 32 heavy (non-hydrogen) atoms. The minimum Gasteiger partial charge on any atom is -0.234 e. The zero-order chi connectivity index (χ0) is 23.4. The third-order valence-electron chi connectivity index (χ3n) is 4.23. The molecule has 10 nitrogen and oxygen atoms in total. The fraction of sp³-hybridized carbons (Fsp3) is 0.0909. The molecule has 1 aliphatic rings. The Kier molecular flexibility index (Phi) is 5.50. The largest absolute Gasteiger partial charge is 0.234 e. The molecule has 0 aliphatic heterocycles. The Balaban J connectivity index is 2.50. The molecule has 0 unspecified atom stereocenters. The molecule has 0 saturated heterocycles. The van der Waals surface area contributed by atoms with Gasteiger partial charge in [0.25, 0.3) is 0 Å². The van der Waals surface area contributed by atoms with Crippen molar-refractivity contribution in [1.29, 1.82) is 26.3 Å². The Morgan fingerprint density at radius 1 is 0.750 bits per heavy atom. The molecule has 2 aromatic rings. The van der Waals surface area contributed by atoms with Crippen LogP contribution in [0.5, 0.6) is 0 Å². The topological polar surface area (TPSA) is 183 Å². The normalized spacial score (nSPS) is 12.9. The summed E-state index contributed by atoms with van der Waals surface area (Å²) < 4.78 is 0. The van der Waals surface area contributed by atoms with E-state index in [-0.39, 0.29) is 62.5 Å². The van der Waals surface area contributed by atoms with Crippen LogP contribution in [0.15, 0.2) is 22.8 Å². The number of fused-ring (bicyclic) bond motifs is 3. The van der Waals surface area contributed by atoms with E-state index in [2.05, 4.69) is 43.3 Å². The molecule has 0 atom stereocenters. The van der Waals surface area contributed by atoms with Crippen molar-refractivity contribution in [3.63, 3.8) is 0 Å². The van der Waals surface area contributed by atoms with Gasteiger partial charge >= 0.3 is 0 Å². The van der Waals surface area contributed by atoms with E-state index in [1.807, 2.05) is 6.07 Å². The summed E-state index contributed by atoms with van der Waals surface area (Å²) in [6, 6.07) is 9.12. The maximum absolute atomic E-state index is 9.57. The summed E-state index contributed by atoms with van der Waals surface area (Å²) in [5, 5.41) is 47.0. The predicted molar refractivity (Wildman–Crippen MR) is 109 cm³/mol. The summed E-state index contributed by atoms with van der Waals surface area (Å²) in [4.78, 5) is 21.1. The molecule has 0 aromatic carbocycles. The average Bonchev–Trinajstić information content (AvgIpc) is 2.82. The van der Waals surface area contributed by atoms with Crippen LogP contribution in [-0.4, -0.2) is 25.6 Å². The van der Waals surface area contributed by atoms with E-state index < -0.39 is 0 Å². The smallest absolute Gasteiger partial charge is 0.177 e. The number of aliphatic imine (C=N–C) groups is 1. The highest BCUT2D eigenvalue weighted by molar-refractivity contribution is 6.35. The monoisotopic (exact) mass is 412 g/mol. The van der Waals surface area contributed by atoms with Gasteiger partial charge in [-0.15, -0.1) is 5.92 Å². The lowest BCUT2D eigenvalue weighted by Crippen LogP contribution is -2.21. The summed E-state index contributed by atoms with van der Waals surface area (Å²) in [6.45, 7) is 7.16. The van der Waals surface area contributed by atoms with Crippen molar-refractivity contribution in [1.82, 2.24) is 19.9 Å². The molecule has 0 radical (unpaired) electrons. The van der Waals surface area contributed by atoms with Gasteiger partial charge in [0, 0.05) is 11.1 Å². The molecule has 2 aromatic heterocycles.